The molecular weight excluding hydrogens is 302 g/mol. The second-order valence-electron chi connectivity index (χ2n) is 5.08. The van der Waals surface area contributed by atoms with Crippen LogP contribution in [0.25, 0.3) is 5.65 Å². The summed E-state index contributed by atoms with van der Waals surface area (Å²) in [5.74, 6) is 0. The first-order chi connectivity index (χ1) is 9.21. The number of aromatic nitrogens is 2. The predicted molar refractivity (Wildman–Crippen MR) is 76.3 cm³/mol. The molecule has 0 aliphatic heterocycles. The standard InChI is InChI=1S/C12H16ClN3O3S/c1-12(2,8-17)15(3)20(18,19)11-10(13)14-9-6-4-5-7-16(9)11/h4-7,17H,8H2,1-3H3. The summed E-state index contributed by atoms with van der Waals surface area (Å²) in [7, 11) is -2.47. The van der Waals surface area contributed by atoms with Crippen molar-refractivity contribution in [1.82, 2.24) is 13.7 Å². The van der Waals surface area contributed by atoms with Gasteiger partial charge in [-0.3, -0.25) is 4.40 Å². The Bertz CT molecular complexity index is 739. The molecule has 0 aliphatic rings. The molecule has 110 valence electrons. The molecule has 0 bridgehead atoms. The average Bonchev–Trinajstić information content (AvgIpc) is 2.74. The second kappa shape index (κ2) is 5.00. The molecule has 2 heterocycles. The summed E-state index contributed by atoms with van der Waals surface area (Å²) in [6, 6.07) is 5.11. The Morgan fingerprint density at radius 3 is 2.70 bits per heavy atom. The number of hydrogen-bond donors (Lipinski definition) is 1. The van der Waals surface area contributed by atoms with Crippen molar-refractivity contribution in [1.29, 1.82) is 0 Å². The van der Waals surface area contributed by atoms with Gasteiger partial charge in [0.15, 0.2) is 10.2 Å². The summed E-state index contributed by atoms with van der Waals surface area (Å²) in [6.45, 7) is 2.94. The van der Waals surface area contributed by atoms with Gasteiger partial charge >= 0.3 is 0 Å². The molecule has 2 aromatic rings. The molecule has 0 aromatic carbocycles. The van der Waals surface area contributed by atoms with E-state index in [0.717, 1.165) is 4.31 Å². The fourth-order valence-electron chi connectivity index (χ4n) is 1.73. The number of rotatable bonds is 4. The van der Waals surface area contributed by atoms with E-state index in [4.69, 9.17) is 11.6 Å². The third-order valence-corrected chi connectivity index (χ3v) is 5.76. The molecule has 0 aliphatic carbocycles. The molecule has 0 saturated carbocycles. The number of fused-ring (bicyclic) bond motifs is 1. The van der Waals surface area contributed by atoms with Gasteiger partial charge in [-0.2, -0.15) is 4.31 Å². The van der Waals surface area contributed by atoms with E-state index in [1.807, 2.05) is 0 Å². The van der Waals surface area contributed by atoms with E-state index in [-0.39, 0.29) is 16.8 Å². The van der Waals surface area contributed by atoms with Crippen LogP contribution in [0.4, 0.5) is 0 Å². The summed E-state index contributed by atoms with van der Waals surface area (Å²) in [4.78, 5) is 4.03. The lowest BCUT2D eigenvalue weighted by atomic mass is 10.1. The van der Waals surface area contributed by atoms with Gasteiger partial charge in [0.25, 0.3) is 10.0 Å². The van der Waals surface area contributed by atoms with Crippen LogP contribution in [0.15, 0.2) is 29.4 Å². The van der Waals surface area contributed by atoms with E-state index >= 15 is 0 Å². The minimum Gasteiger partial charge on any atom is -0.394 e. The Labute approximate surface area is 122 Å². The number of sulfonamides is 1. The molecule has 20 heavy (non-hydrogen) atoms. The van der Waals surface area contributed by atoms with Gasteiger partial charge in [0.05, 0.1) is 12.1 Å². The number of pyridine rings is 1. The van der Waals surface area contributed by atoms with Crippen molar-refractivity contribution in [3.8, 4) is 0 Å². The van der Waals surface area contributed by atoms with Crippen molar-refractivity contribution in [2.75, 3.05) is 13.7 Å². The molecule has 6 nitrogen and oxygen atoms in total. The number of imidazole rings is 1. The lowest BCUT2D eigenvalue weighted by molar-refractivity contribution is 0.137. The lowest BCUT2D eigenvalue weighted by Crippen LogP contribution is -2.47. The van der Waals surface area contributed by atoms with Gasteiger partial charge in [-0.25, -0.2) is 13.4 Å². The third kappa shape index (κ3) is 2.31. The maximum Gasteiger partial charge on any atom is 0.262 e. The highest BCUT2D eigenvalue weighted by Crippen LogP contribution is 2.28. The number of nitrogens with zero attached hydrogens (tertiary/aromatic N) is 3. The largest absolute Gasteiger partial charge is 0.394 e. The molecule has 2 rings (SSSR count). The molecule has 0 atom stereocenters. The number of halogens is 1. The van der Waals surface area contributed by atoms with Gasteiger partial charge in [-0.1, -0.05) is 17.7 Å². The van der Waals surface area contributed by atoms with Gasteiger partial charge in [-0.15, -0.1) is 0 Å². The van der Waals surface area contributed by atoms with E-state index < -0.39 is 15.6 Å². The normalized spacial score (nSPS) is 13.3. The van der Waals surface area contributed by atoms with Crippen molar-refractivity contribution < 1.29 is 13.5 Å². The fourth-order valence-corrected chi connectivity index (χ4v) is 3.83. The van der Waals surface area contributed by atoms with E-state index in [9.17, 15) is 13.5 Å². The Morgan fingerprint density at radius 1 is 1.45 bits per heavy atom. The highest BCUT2D eigenvalue weighted by atomic mass is 35.5. The number of hydrogen-bond acceptors (Lipinski definition) is 4. The molecule has 0 amide bonds. The molecule has 1 N–H and O–H groups in total. The number of likely N-dealkylation sites (N-methyl/N-ethyl adjacent to an activating group) is 1. The van der Waals surface area contributed by atoms with Crippen molar-refractivity contribution in [2.45, 2.75) is 24.4 Å². The van der Waals surface area contributed by atoms with Crippen LogP contribution < -0.4 is 0 Å². The van der Waals surface area contributed by atoms with Crippen LogP contribution in [0, 0.1) is 0 Å². The van der Waals surface area contributed by atoms with Crippen LogP contribution in [0.2, 0.25) is 5.15 Å². The topological polar surface area (TPSA) is 74.9 Å². The maximum atomic E-state index is 12.7. The van der Waals surface area contributed by atoms with Crippen molar-refractivity contribution in [3.63, 3.8) is 0 Å². The SMILES string of the molecule is CN(C(C)(C)CO)S(=O)(=O)c1c(Cl)nc2ccccn12. The van der Waals surface area contributed by atoms with Crippen molar-refractivity contribution >= 4 is 27.3 Å². The molecule has 8 heteroatoms. The zero-order valence-electron chi connectivity index (χ0n) is 11.4. The fraction of sp³-hybridized carbons (Fsp3) is 0.417. The van der Waals surface area contributed by atoms with E-state index in [2.05, 4.69) is 4.98 Å². The second-order valence-corrected chi connectivity index (χ2v) is 7.32. The highest BCUT2D eigenvalue weighted by molar-refractivity contribution is 7.89. The monoisotopic (exact) mass is 317 g/mol. The molecule has 0 unspecified atom stereocenters. The third-order valence-electron chi connectivity index (χ3n) is 3.29. The smallest absolute Gasteiger partial charge is 0.262 e. The first kappa shape index (κ1) is 15.2. The van der Waals surface area contributed by atoms with Crippen LogP contribution in [0.3, 0.4) is 0 Å². The van der Waals surface area contributed by atoms with Crippen LogP contribution in [-0.2, 0) is 10.0 Å². The molecular formula is C12H16ClN3O3S. The lowest BCUT2D eigenvalue weighted by Gasteiger charge is -2.32. The van der Waals surface area contributed by atoms with E-state index in [1.165, 1.54) is 11.4 Å². The molecule has 0 radical (unpaired) electrons. The average molecular weight is 318 g/mol. The first-order valence-electron chi connectivity index (χ1n) is 5.94. The van der Waals surface area contributed by atoms with Gasteiger partial charge in [0.1, 0.15) is 5.65 Å². The number of aliphatic hydroxyl groups is 1. The van der Waals surface area contributed by atoms with Crippen molar-refractivity contribution in [3.05, 3.63) is 29.5 Å². The van der Waals surface area contributed by atoms with Crippen LogP contribution in [0.5, 0.6) is 0 Å². The summed E-state index contributed by atoms with van der Waals surface area (Å²) >= 11 is 5.99. The van der Waals surface area contributed by atoms with E-state index in [1.54, 1.807) is 38.2 Å². The zero-order chi connectivity index (χ0) is 15.1. The molecule has 2 aromatic heterocycles. The maximum absolute atomic E-state index is 12.7. The van der Waals surface area contributed by atoms with Crippen molar-refractivity contribution in [2.24, 2.45) is 0 Å². The summed E-state index contributed by atoms with van der Waals surface area (Å²) in [5, 5.41) is 9.16. The quantitative estimate of drug-likeness (QED) is 0.924. The Balaban J connectivity index is 2.67. The molecule has 0 saturated heterocycles. The number of aliphatic hydroxyl groups excluding tert-OH is 1. The summed E-state index contributed by atoms with van der Waals surface area (Å²) in [6.07, 6.45) is 1.58. The van der Waals surface area contributed by atoms with Crippen LogP contribution in [0.1, 0.15) is 13.8 Å². The molecule has 0 spiro atoms. The highest BCUT2D eigenvalue weighted by Gasteiger charge is 2.37. The van der Waals surface area contributed by atoms with Crippen LogP contribution in [-0.4, -0.2) is 46.4 Å². The summed E-state index contributed by atoms with van der Waals surface area (Å²) < 4.78 is 27.9. The Morgan fingerprint density at radius 2 is 2.10 bits per heavy atom. The first-order valence-corrected chi connectivity index (χ1v) is 7.76. The zero-order valence-corrected chi connectivity index (χ0v) is 13.0. The van der Waals surface area contributed by atoms with Gasteiger partial charge in [0.2, 0.25) is 0 Å². The van der Waals surface area contributed by atoms with Crippen LogP contribution >= 0.6 is 11.6 Å². The predicted octanol–water partition coefficient (Wildman–Crippen LogP) is 1.38. The Kier molecular flexibility index (Phi) is 3.81. The Hall–Kier alpha value is -1.15. The van der Waals surface area contributed by atoms with E-state index in [0.29, 0.717) is 5.65 Å². The van der Waals surface area contributed by atoms with Gasteiger partial charge in [-0.05, 0) is 26.0 Å². The van der Waals surface area contributed by atoms with Gasteiger partial charge in [0, 0.05) is 13.2 Å². The molecule has 0 fully saturated rings. The summed E-state index contributed by atoms with van der Waals surface area (Å²) in [5.41, 5.74) is -0.493. The minimum absolute atomic E-state index is 0.0863. The van der Waals surface area contributed by atoms with Gasteiger partial charge < -0.3 is 5.11 Å². The minimum atomic E-state index is -3.88.